The molecule has 4 heteroatoms. The summed E-state index contributed by atoms with van der Waals surface area (Å²) in [5, 5.41) is 0. The number of aryl methyl sites for hydroxylation is 1. The van der Waals surface area contributed by atoms with Gasteiger partial charge >= 0.3 is 0 Å². The van der Waals surface area contributed by atoms with Crippen LogP contribution in [0.5, 0.6) is 5.75 Å². The van der Waals surface area contributed by atoms with Crippen LogP contribution in [-0.2, 0) is 7.05 Å². The summed E-state index contributed by atoms with van der Waals surface area (Å²) in [6.07, 6.45) is 0. The Labute approximate surface area is 103 Å². The largest absolute Gasteiger partial charge is 0.496 e. The van der Waals surface area contributed by atoms with E-state index in [0.29, 0.717) is 0 Å². The number of hydrogen-bond acceptors (Lipinski definition) is 2. The SMILES string of the molecule is COc1ccccc1-c1c(Br)nc(C)n1C. The second kappa shape index (κ2) is 4.29. The van der Waals surface area contributed by atoms with E-state index in [4.69, 9.17) is 4.74 Å². The summed E-state index contributed by atoms with van der Waals surface area (Å²) in [5.41, 5.74) is 2.08. The molecule has 0 saturated carbocycles. The van der Waals surface area contributed by atoms with E-state index in [0.717, 1.165) is 27.4 Å². The van der Waals surface area contributed by atoms with E-state index >= 15 is 0 Å². The van der Waals surface area contributed by atoms with Crippen molar-refractivity contribution in [1.82, 2.24) is 9.55 Å². The third-order valence-electron chi connectivity index (χ3n) is 2.64. The first kappa shape index (κ1) is 11.2. The van der Waals surface area contributed by atoms with Gasteiger partial charge in [0, 0.05) is 12.6 Å². The zero-order chi connectivity index (χ0) is 11.7. The van der Waals surface area contributed by atoms with Crippen LogP contribution in [0.1, 0.15) is 5.82 Å². The molecule has 0 N–H and O–H groups in total. The molecule has 0 aliphatic heterocycles. The van der Waals surface area contributed by atoms with Gasteiger partial charge in [-0.15, -0.1) is 0 Å². The molecule has 0 aliphatic rings. The van der Waals surface area contributed by atoms with Crippen LogP contribution >= 0.6 is 15.9 Å². The summed E-state index contributed by atoms with van der Waals surface area (Å²) >= 11 is 3.48. The van der Waals surface area contributed by atoms with Crippen molar-refractivity contribution in [2.24, 2.45) is 7.05 Å². The lowest BCUT2D eigenvalue weighted by atomic mass is 10.1. The molecule has 84 valence electrons. The minimum atomic E-state index is 0.844. The number of imidazole rings is 1. The number of para-hydroxylation sites is 1. The summed E-state index contributed by atoms with van der Waals surface area (Å²) in [6.45, 7) is 1.98. The fraction of sp³-hybridized carbons (Fsp3) is 0.250. The van der Waals surface area contributed by atoms with Gasteiger partial charge in [-0.2, -0.15) is 0 Å². The maximum absolute atomic E-state index is 5.36. The van der Waals surface area contributed by atoms with Crippen LogP contribution < -0.4 is 4.74 Å². The molecule has 1 aromatic heterocycles. The molecule has 0 spiro atoms. The average molecular weight is 281 g/mol. The zero-order valence-electron chi connectivity index (χ0n) is 9.49. The van der Waals surface area contributed by atoms with Gasteiger partial charge in [0.1, 0.15) is 16.2 Å². The van der Waals surface area contributed by atoms with Gasteiger partial charge in [-0.3, -0.25) is 0 Å². The highest BCUT2D eigenvalue weighted by Crippen LogP contribution is 2.34. The van der Waals surface area contributed by atoms with Crippen LogP contribution in [0.25, 0.3) is 11.3 Å². The van der Waals surface area contributed by atoms with E-state index in [9.17, 15) is 0 Å². The van der Waals surface area contributed by atoms with Crippen molar-refractivity contribution in [2.45, 2.75) is 6.92 Å². The number of aromatic nitrogens is 2. The third-order valence-corrected chi connectivity index (χ3v) is 3.19. The standard InChI is InChI=1S/C12H13BrN2O/c1-8-14-12(13)11(15(8)2)9-6-4-5-7-10(9)16-3/h4-7H,1-3H3. The molecular formula is C12H13BrN2O. The number of rotatable bonds is 2. The Morgan fingerprint density at radius 1 is 1.31 bits per heavy atom. The third kappa shape index (κ3) is 1.73. The number of halogens is 1. The lowest BCUT2D eigenvalue weighted by Gasteiger charge is -2.09. The predicted molar refractivity (Wildman–Crippen MR) is 67.6 cm³/mol. The van der Waals surface area contributed by atoms with Crippen molar-refractivity contribution < 1.29 is 4.74 Å². The Bertz CT molecular complexity index is 520. The number of hydrogen-bond donors (Lipinski definition) is 0. The van der Waals surface area contributed by atoms with E-state index in [-0.39, 0.29) is 0 Å². The molecule has 1 aromatic carbocycles. The summed E-state index contributed by atoms with van der Waals surface area (Å²) in [7, 11) is 3.67. The van der Waals surface area contributed by atoms with Gasteiger partial charge in [0.25, 0.3) is 0 Å². The fourth-order valence-corrected chi connectivity index (χ4v) is 2.44. The van der Waals surface area contributed by atoms with Crippen molar-refractivity contribution in [3.05, 3.63) is 34.7 Å². The fourth-order valence-electron chi connectivity index (χ4n) is 1.70. The van der Waals surface area contributed by atoms with Crippen molar-refractivity contribution in [1.29, 1.82) is 0 Å². The van der Waals surface area contributed by atoms with Crippen LogP contribution in [0.3, 0.4) is 0 Å². The van der Waals surface area contributed by atoms with Crippen LogP contribution in [0.2, 0.25) is 0 Å². The first-order chi connectivity index (χ1) is 7.65. The van der Waals surface area contributed by atoms with Crippen molar-refractivity contribution >= 4 is 15.9 Å². The number of ether oxygens (including phenoxy) is 1. The number of methoxy groups -OCH3 is 1. The van der Waals surface area contributed by atoms with Gasteiger partial charge in [0.2, 0.25) is 0 Å². The quantitative estimate of drug-likeness (QED) is 0.845. The minimum absolute atomic E-state index is 0.844. The molecule has 0 fully saturated rings. The van der Waals surface area contributed by atoms with Crippen LogP contribution in [0, 0.1) is 6.92 Å². The molecule has 2 rings (SSSR count). The van der Waals surface area contributed by atoms with Gasteiger partial charge in [0.05, 0.1) is 12.8 Å². The van der Waals surface area contributed by atoms with Crippen molar-refractivity contribution in [3.8, 4) is 17.0 Å². The molecule has 3 nitrogen and oxygen atoms in total. The molecule has 0 aliphatic carbocycles. The zero-order valence-corrected chi connectivity index (χ0v) is 11.1. The van der Waals surface area contributed by atoms with E-state index in [1.54, 1.807) is 7.11 Å². The molecule has 0 amide bonds. The second-order valence-electron chi connectivity index (χ2n) is 3.56. The van der Waals surface area contributed by atoms with E-state index in [2.05, 4.69) is 20.9 Å². The molecule has 0 saturated heterocycles. The Morgan fingerprint density at radius 2 is 2.00 bits per heavy atom. The molecule has 0 bridgehead atoms. The Hall–Kier alpha value is -1.29. The van der Waals surface area contributed by atoms with Gasteiger partial charge in [-0.1, -0.05) is 12.1 Å². The Kier molecular flexibility index (Phi) is 3.01. The minimum Gasteiger partial charge on any atom is -0.496 e. The smallest absolute Gasteiger partial charge is 0.132 e. The maximum atomic E-state index is 5.36. The van der Waals surface area contributed by atoms with Gasteiger partial charge in [-0.25, -0.2) is 4.98 Å². The second-order valence-corrected chi connectivity index (χ2v) is 4.31. The highest BCUT2D eigenvalue weighted by molar-refractivity contribution is 9.10. The van der Waals surface area contributed by atoms with Crippen LogP contribution in [0.4, 0.5) is 0 Å². The summed E-state index contributed by atoms with van der Waals surface area (Å²) < 4.78 is 8.25. The van der Waals surface area contributed by atoms with Gasteiger partial charge < -0.3 is 9.30 Å². The number of nitrogens with zero attached hydrogens (tertiary/aromatic N) is 2. The molecule has 1 heterocycles. The lowest BCUT2D eigenvalue weighted by Crippen LogP contribution is -1.96. The highest BCUT2D eigenvalue weighted by atomic mass is 79.9. The average Bonchev–Trinajstić information content (AvgIpc) is 2.53. The topological polar surface area (TPSA) is 27.1 Å². The van der Waals surface area contributed by atoms with Crippen LogP contribution in [0.15, 0.2) is 28.9 Å². The summed E-state index contributed by atoms with van der Waals surface area (Å²) in [4.78, 5) is 4.39. The predicted octanol–water partition coefficient (Wildman–Crippen LogP) is 3.17. The summed E-state index contributed by atoms with van der Waals surface area (Å²) in [5.74, 6) is 1.82. The maximum Gasteiger partial charge on any atom is 0.132 e. The van der Waals surface area contributed by atoms with Crippen molar-refractivity contribution in [2.75, 3.05) is 7.11 Å². The van der Waals surface area contributed by atoms with E-state index < -0.39 is 0 Å². The number of benzene rings is 1. The summed E-state index contributed by atoms with van der Waals surface area (Å²) in [6, 6.07) is 7.93. The van der Waals surface area contributed by atoms with Gasteiger partial charge in [0.15, 0.2) is 0 Å². The first-order valence-corrected chi connectivity index (χ1v) is 5.76. The lowest BCUT2D eigenvalue weighted by molar-refractivity contribution is 0.416. The first-order valence-electron chi connectivity index (χ1n) is 4.97. The molecule has 16 heavy (non-hydrogen) atoms. The molecular weight excluding hydrogens is 268 g/mol. The van der Waals surface area contributed by atoms with E-state index in [1.165, 1.54) is 0 Å². The monoisotopic (exact) mass is 280 g/mol. The Balaban J connectivity index is 2.67. The Morgan fingerprint density at radius 3 is 2.56 bits per heavy atom. The highest BCUT2D eigenvalue weighted by Gasteiger charge is 2.15. The molecule has 0 unspecified atom stereocenters. The van der Waals surface area contributed by atoms with Crippen LogP contribution in [-0.4, -0.2) is 16.7 Å². The van der Waals surface area contributed by atoms with E-state index in [1.807, 2.05) is 42.8 Å². The molecule has 0 atom stereocenters. The molecule has 0 radical (unpaired) electrons. The molecule has 2 aromatic rings. The van der Waals surface area contributed by atoms with Crippen molar-refractivity contribution in [3.63, 3.8) is 0 Å². The van der Waals surface area contributed by atoms with Gasteiger partial charge in [-0.05, 0) is 35.0 Å². The normalized spacial score (nSPS) is 10.5.